The van der Waals surface area contributed by atoms with E-state index >= 15 is 0 Å². The molecule has 2 aromatic heterocycles. The molecule has 3 aromatic rings. The number of halogens is 1. The third-order valence-corrected chi connectivity index (χ3v) is 4.84. The second-order valence-electron chi connectivity index (χ2n) is 6.53. The van der Waals surface area contributed by atoms with E-state index in [0.717, 1.165) is 29.8 Å². The molecular weight excluding hydrogens is 333 g/mol. The van der Waals surface area contributed by atoms with Crippen molar-refractivity contribution in [2.75, 3.05) is 18.4 Å². The highest BCUT2D eigenvalue weighted by atomic mass is 19.1. The van der Waals surface area contributed by atoms with E-state index in [9.17, 15) is 9.18 Å². The minimum Gasteiger partial charge on any atom is -0.324 e. The molecule has 0 spiro atoms. The zero-order valence-electron chi connectivity index (χ0n) is 14.5. The first-order valence-corrected chi connectivity index (χ1v) is 8.73. The Hall–Kier alpha value is -2.96. The summed E-state index contributed by atoms with van der Waals surface area (Å²) in [5.74, 6) is 0.633. The smallest absolute Gasteiger partial charge is 0.321 e. The van der Waals surface area contributed by atoms with Gasteiger partial charge in [0.1, 0.15) is 17.2 Å². The average Bonchev–Trinajstić information content (AvgIpc) is 2.99. The minimum atomic E-state index is -0.319. The maximum absolute atomic E-state index is 13.0. The first-order valence-electron chi connectivity index (χ1n) is 8.73. The summed E-state index contributed by atoms with van der Waals surface area (Å²) in [4.78, 5) is 23.3. The van der Waals surface area contributed by atoms with Crippen molar-refractivity contribution in [1.29, 1.82) is 0 Å². The van der Waals surface area contributed by atoms with Gasteiger partial charge in [0.25, 0.3) is 0 Å². The van der Waals surface area contributed by atoms with E-state index in [-0.39, 0.29) is 17.9 Å². The normalized spacial score (nSPS) is 15.4. The standard InChI is InChI=1S/C19H20FN5O/c1-13-22-17-3-2-10-21-18(17)25(13)16-8-11-24(12-9-16)19(26)23-15-6-4-14(20)5-7-15/h2-7,10,16H,8-9,11-12H2,1H3,(H,23,26). The first-order chi connectivity index (χ1) is 12.6. The number of amides is 2. The zero-order valence-corrected chi connectivity index (χ0v) is 14.5. The molecule has 1 aliphatic rings. The predicted octanol–water partition coefficient (Wildman–Crippen LogP) is 3.75. The Labute approximate surface area is 150 Å². The lowest BCUT2D eigenvalue weighted by molar-refractivity contribution is 0.184. The summed E-state index contributed by atoms with van der Waals surface area (Å²) >= 11 is 0. The molecule has 4 rings (SSSR count). The second-order valence-corrected chi connectivity index (χ2v) is 6.53. The number of nitrogens with one attached hydrogen (secondary N) is 1. The number of rotatable bonds is 2. The fraction of sp³-hybridized carbons (Fsp3) is 0.316. The van der Waals surface area contributed by atoms with Gasteiger partial charge in [-0.1, -0.05) is 0 Å². The molecule has 0 atom stereocenters. The summed E-state index contributed by atoms with van der Waals surface area (Å²) in [6, 6.07) is 9.78. The topological polar surface area (TPSA) is 63.1 Å². The molecule has 1 aliphatic heterocycles. The molecule has 7 heteroatoms. The van der Waals surface area contributed by atoms with Crippen molar-refractivity contribution in [3.63, 3.8) is 0 Å². The molecule has 0 bridgehead atoms. The number of hydrogen-bond acceptors (Lipinski definition) is 3. The minimum absolute atomic E-state index is 0.152. The van der Waals surface area contributed by atoms with Crippen molar-refractivity contribution >= 4 is 22.9 Å². The summed E-state index contributed by atoms with van der Waals surface area (Å²) < 4.78 is 15.1. The van der Waals surface area contributed by atoms with Gasteiger partial charge in [-0.25, -0.2) is 19.2 Å². The second kappa shape index (κ2) is 6.74. The summed E-state index contributed by atoms with van der Waals surface area (Å²) in [5, 5.41) is 2.82. The van der Waals surface area contributed by atoms with Crippen LogP contribution >= 0.6 is 0 Å². The number of hydrogen-bond donors (Lipinski definition) is 1. The van der Waals surface area contributed by atoms with Crippen LogP contribution in [-0.4, -0.2) is 38.6 Å². The van der Waals surface area contributed by atoms with Crippen LogP contribution in [0.5, 0.6) is 0 Å². The Bertz CT molecular complexity index is 929. The Morgan fingerprint density at radius 2 is 1.92 bits per heavy atom. The average molecular weight is 353 g/mol. The molecule has 26 heavy (non-hydrogen) atoms. The van der Waals surface area contributed by atoms with E-state index < -0.39 is 0 Å². The van der Waals surface area contributed by atoms with Crippen LogP contribution in [0, 0.1) is 12.7 Å². The molecule has 0 saturated carbocycles. The number of aryl methyl sites for hydroxylation is 1. The van der Waals surface area contributed by atoms with Gasteiger partial charge in [-0.15, -0.1) is 0 Å². The number of piperidine rings is 1. The van der Waals surface area contributed by atoms with Crippen molar-refractivity contribution in [1.82, 2.24) is 19.4 Å². The van der Waals surface area contributed by atoms with Crippen LogP contribution in [0.15, 0.2) is 42.6 Å². The van der Waals surface area contributed by atoms with Crippen molar-refractivity contribution in [3.8, 4) is 0 Å². The third-order valence-electron chi connectivity index (χ3n) is 4.84. The van der Waals surface area contributed by atoms with Crippen LogP contribution < -0.4 is 5.32 Å². The van der Waals surface area contributed by atoms with Crippen LogP contribution in [0.3, 0.4) is 0 Å². The van der Waals surface area contributed by atoms with Crippen molar-refractivity contribution in [2.24, 2.45) is 0 Å². The van der Waals surface area contributed by atoms with Gasteiger partial charge in [-0.05, 0) is 56.2 Å². The monoisotopic (exact) mass is 353 g/mol. The van der Waals surface area contributed by atoms with Gasteiger partial charge in [0, 0.05) is 31.0 Å². The van der Waals surface area contributed by atoms with Gasteiger partial charge < -0.3 is 14.8 Å². The maximum Gasteiger partial charge on any atom is 0.321 e. The maximum atomic E-state index is 13.0. The summed E-state index contributed by atoms with van der Waals surface area (Å²) in [5.41, 5.74) is 2.40. The lowest BCUT2D eigenvalue weighted by Gasteiger charge is -2.33. The number of anilines is 1. The highest BCUT2D eigenvalue weighted by molar-refractivity contribution is 5.89. The number of benzene rings is 1. The molecule has 1 fully saturated rings. The number of carbonyl (C=O) groups excluding carboxylic acids is 1. The quantitative estimate of drug-likeness (QED) is 0.763. The summed E-state index contributed by atoms with van der Waals surface area (Å²) in [6.07, 6.45) is 3.48. The van der Waals surface area contributed by atoms with Gasteiger partial charge >= 0.3 is 6.03 Å². The van der Waals surface area contributed by atoms with E-state index in [1.54, 1.807) is 23.2 Å². The molecule has 0 unspecified atom stereocenters. The number of imidazole rings is 1. The van der Waals surface area contributed by atoms with Gasteiger partial charge in [0.05, 0.1) is 0 Å². The fourth-order valence-electron chi connectivity index (χ4n) is 3.54. The van der Waals surface area contributed by atoms with Gasteiger partial charge in [-0.3, -0.25) is 0 Å². The van der Waals surface area contributed by atoms with E-state index in [1.807, 2.05) is 19.1 Å². The Morgan fingerprint density at radius 1 is 1.19 bits per heavy atom. The molecule has 3 heterocycles. The van der Waals surface area contributed by atoms with E-state index in [0.29, 0.717) is 18.8 Å². The Balaban J connectivity index is 1.43. The van der Waals surface area contributed by atoms with Gasteiger partial charge in [0.2, 0.25) is 0 Å². The molecular formula is C19H20FN5O. The van der Waals surface area contributed by atoms with E-state index in [4.69, 9.17) is 0 Å². The Kier molecular flexibility index (Phi) is 4.28. The first kappa shape index (κ1) is 16.5. The van der Waals surface area contributed by atoms with Gasteiger partial charge in [0.15, 0.2) is 5.65 Å². The van der Waals surface area contributed by atoms with Crippen molar-refractivity contribution < 1.29 is 9.18 Å². The van der Waals surface area contributed by atoms with Crippen LogP contribution in [0.4, 0.5) is 14.9 Å². The number of aromatic nitrogens is 3. The highest BCUT2D eigenvalue weighted by Gasteiger charge is 2.26. The molecule has 6 nitrogen and oxygen atoms in total. The van der Waals surface area contributed by atoms with Gasteiger partial charge in [-0.2, -0.15) is 0 Å². The number of fused-ring (bicyclic) bond motifs is 1. The molecule has 1 aromatic carbocycles. The van der Waals surface area contributed by atoms with Crippen LogP contribution in [0.1, 0.15) is 24.7 Å². The third kappa shape index (κ3) is 3.12. The number of pyridine rings is 1. The number of carbonyl (C=O) groups is 1. The van der Waals surface area contributed by atoms with Crippen LogP contribution in [0.25, 0.3) is 11.2 Å². The fourth-order valence-corrected chi connectivity index (χ4v) is 3.54. The lowest BCUT2D eigenvalue weighted by atomic mass is 10.0. The summed E-state index contributed by atoms with van der Waals surface area (Å²) in [6.45, 7) is 3.31. The SMILES string of the molecule is Cc1nc2cccnc2n1C1CCN(C(=O)Nc2ccc(F)cc2)CC1. The molecule has 1 N–H and O–H groups in total. The molecule has 134 valence electrons. The number of nitrogens with zero attached hydrogens (tertiary/aromatic N) is 4. The molecule has 1 saturated heterocycles. The van der Waals surface area contributed by atoms with Crippen molar-refractivity contribution in [3.05, 3.63) is 54.2 Å². The Morgan fingerprint density at radius 3 is 2.65 bits per heavy atom. The largest absolute Gasteiger partial charge is 0.324 e. The van der Waals surface area contributed by atoms with E-state index in [2.05, 4.69) is 19.9 Å². The van der Waals surface area contributed by atoms with Crippen LogP contribution in [0.2, 0.25) is 0 Å². The van der Waals surface area contributed by atoms with Crippen molar-refractivity contribution in [2.45, 2.75) is 25.8 Å². The lowest BCUT2D eigenvalue weighted by Crippen LogP contribution is -2.41. The zero-order chi connectivity index (χ0) is 18.1. The predicted molar refractivity (Wildman–Crippen MR) is 97.5 cm³/mol. The van der Waals surface area contributed by atoms with E-state index in [1.165, 1.54) is 12.1 Å². The highest BCUT2D eigenvalue weighted by Crippen LogP contribution is 2.28. The van der Waals surface area contributed by atoms with Crippen LogP contribution in [-0.2, 0) is 0 Å². The molecule has 2 amide bonds. The molecule has 0 radical (unpaired) electrons. The number of likely N-dealkylation sites (tertiary alicyclic amines) is 1. The number of urea groups is 1. The summed E-state index contributed by atoms with van der Waals surface area (Å²) in [7, 11) is 0. The molecule has 0 aliphatic carbocycles.